The van der Waals surface area contributed by atoms with Gasteiger partial charge in [0.05, 0.1) is 14.2 Å². The van der Waals surface area contributed by atoms with Crippen LogP contribution < -0.4 is 25.3 Å². The van der Waals surface area contributed by atoms with E-state index in [9.17, 15) is 4.79 Å². The van der Waals surface area contributed by atoms with E-state index in [1.807, 2.05) is 12.1 Å². The molecule has 0 spiro atoms. The van der Waals surface area contributed by atoms with Crippen molar-refractivity contribution in [3.05, 3.63) is 59.2 Å². The Morgan fingerprint density at radius 2 is 1.74 bits per heavy atom. The molecule has 1 amide bonds. The van der Waals surface area contributed by atoms with E-state index in [0.29, 0.717) is 59.8 Å². The van der Waals surface area contributed by atoms with Gasteiger partial charge in [-0.3, -0.25) is 4.79 Å². The Bertz CT molecular complexity index is 1020. The zero-order valence-electron chi connectivity index (χ0n) is 17.5. The van der Waals surface area contributed by atoms with Crippen molar-refractivity contribution in [3.63, 3.8) is 0 Å². The van der Waals surface area contributed by atoms with Crippen molar-refractivity contribution >= 4 is 18.3 Å². The molecule has 1 heterocycles. The summed E-state index contributed by atoms with van der Waals surface area (Å²) in [5, 5.41) is 6.62. The summed E-state index contributed by atoms with van der Waals surface area (Å²) in [7, 11) is 3.07. The lowest BCUT2D eigenvalue weighted by Crippen LogP contribution is -2.26. The first-order chi connectivity index (χ1) is 14.5. The molecule has 3 N–H and O–H groups in total. The van der Waals surface area contributed by atoms with Crippen molar-refractivity contribution in [2.75, 3.05) is 20.8 Å². The van der Waals surface area contributed by atoms with Crippen molar-refractivity contribution in [1.29, 1.82) is 0 Å². The molecule has 9 nitrogen and oxygen atoms in total. The van der Waals surface area contributed by atoms with Crippen LogP contribution in [-0.2, 0) is 13.0 Å². The highest BCUT2D eigenvalue weighted by Gasteiger charge is 2.14. The number of aryl methyl sites for hydroxylation is 1. The van der Waals surface area contributed by atoms with Crippen molar-refractivity contribution in [2.24, 2.45) is 5.73 Å². The lowest BCUT2D eigenvalue weighted by Gasteiger charge is -2.14. The van der Waals surface area contributed by atoms with Crippen LogP contribution in [0.5, 0.6) is 23.0 Å². The van der Waals surface area contributed by atoms with E-state index >= 15 is 0 Å². The van der Waals surface area contributed by atoms with Crippen LogP contribution in [0.25, 0.3) is 0 Å². The molecule has 0 saturated carbocycles. The lowest BCUT2D eigenvalue weighted by molar-refractivity contribution is 0.0953. The van der Waals surface area contributed by atoms with Gasteiger partial charge >= 0.3 is 0 Å². The number of carbonyl (C=O) groups excluding carboxylic acids is 1. The van der Waals surface area contributed by atoms with Crippen LogP contribution in [-0.4, -0.2) is 36.8 Å². The molecule has 0 radical (unpaired) electrons. The maximum Gasteiger partial charge on any atom is 0.251 e. The van der Waals surface area contributed by atoms with Crippen LogP contribution in [0, 0.1) is 6.92 Å². The molecular weight excluding hydrogens is 424 g/mol. The van der Waals surface area contributed by atoms with Crippen LogP contribution >= 0.6 is 12.4 Å². The number of nitrogens with two attached hydrogens (primary N) is 1. The first-order valence-corrected chi connectivity index (χ1v) is 9.34. The number of halogens is 1. The second-order valence-electron chi connectivity index (χ2n) is 6.39. The number of amides is 1. The molecule has 31 heavy (non-hydrogen) atoms. The Kier molecular flexibility index (Phi) is 8.65. The zero-order valence-corrected chi connectivity index (χ0v) is 18.3. The fourth-order valence-electron chi connectivity index (χ4n) is 2.77. The highest BCUT2D eigenvalue weighted by Crippen LogP contribution is 2.37. The highest BCUT2D eigenvalue weighted by atomic mass is 35.5. The van der Waals surface area contributed by atoms with Gasteiger partial charge < -0.3 is 29.8 Å². The van der Waals surface area contributed by atoms with Gasteiger partial charge in [0.25, 0.3) is 5.91 Å². The fourth-order valence-corrected chi connectivity index (χ4v) is 2.77. The van der Waals surface area contributed by atoms with Crippen molar-refractivity contribution in [3.8, 4) is 23.0 Å². The monoisotopic (exact) mass is 448 g/mol. The molecule has 0 fully saturated rings. The minimum absolute atomic E-state index is 0. The number of aromatic nitrogens is 2. The van der Waals surface area contributed by atoms with Crippen LogP contribution in [0.3, 0.4) is 0 Å². The fraction of sp³-hybridized carbons (Fsp3) is 0.286. The molecule has 2 aromatic carbocycles. The SMILES string of the molecule is COc1cc(CN)ccc1Oc1ccc(C(=O)NCCc2noc(C)n2)cc1OC.Cl. The summed E-state index contributed by atoms with van der Waals surface area (Å²) < 4.78 is 21.6. The maximum absolute atomic E-state index is 12.4. The molecule has 3 rings (SSSR count). The predicted molar refractivity (Wildman–Crippen MR) is 116 cm³/mol. The number of hydrogen-bond donors (Lipinski definition) is 2. The van der Waals surface area contributed by atoms with E-state index in [2.05, 4.69) is 15.5 Å². The van der Waals surface area contributed by atoms with Gasteiger partial charge in [0.2, 0.25) is 5.89 Å². The predicted octanol–water partition coefficient (Wildman–Crippen LogP) is 3.04. The third-order valence-corrected chi connectivity index (χ3v) is 4.31. The van der Waals surface area contributed by atoms with Crippen LogP contribution in [0.1, 0.15) is 27.6 Å². The molecule has 0 unspecified atom stereocenters. The van der Waals surface area contributed by atoms with E-state index < -0.39 is 0 Å². The van der Waals surface area contributed by atoms with Crippen LogP contribution in [0.15, 0.2) is 40.9 Å². The van der Waals surface area contributed by atoms with Crippen LogP contribution in [0.2, 0.25) is 0 Å². The van der Waals surface area contributed by atoms with Gasteiger partial charge in [-0.05, 0) is 35.9 Å². The molecule has 1 aromatic heterocycles. The average Bonchev–Trinajstić information content (AvgIpc) is 3.19. The summed E-state index contributed by atoms with van der Waals surface area (Å²) in [4.78, 5) is 16.5. The Hall–Kier alpha value is -3.30. The number of rotatable bonds is 9. The highest BCUT2D eigenvalue weighted by molar-refractivity contribution is 5.94. The van der Waals surface area contributed by atoms with Gasteiger partial charge in [0.15, 0.2) is 28.8 Å². The minimum atomic E-state index is -0.245. The van der Waals surface area contributed by atoms with E-state index in [1.54, 1.807) is 38.3 Å². The number of carbonyl (C=O) groups is 1. The van der Waals surface area contributed by atoms with Crippen LogP contribution in [0.4, 0.5) is 0 Å². The zero-order chi connectivity index (χ0) is 21.5. The van der Waals surface area contributed by atoms with E-state index in [1.165, 1.54) is 7.11 Å². The number of hydrogen-bond acceptors (Lipinski definition) is 8. The Labute approximate surface area is 186 Å². The van der Waals surface area contributed by atoms with Crippen molar-refractivity contribution < 1.29 is 23.5 Å². The standard InChI is InChI=1S/C21H24N4O5.ClH/c1-13-24-20(25-30-13)8-9-23-21(26)15-5-7-17(19(11-15)28-3)29-16-6-4-14(12-22)10-18(16)27-2;/h4-7,10-11H,8-9,12,22H2,1-3H3,(H,23,26);1H. The Morgan fingerprint density at radius 1 is 1.06 bits per heavy atom. The first-order valence-electron chi connectivity index (χ1n) is 9.34. The summed E-state index contributed by atoms with van der Waals surface area (Å²) in [5.41, 5.74) is 7.03. The largest absolute Gasteiger partial charge is 0.493 e. The molecule has 0 aliphatic heterocycles. The number of benzene rings is 2. The molecular formula is C21H25ClN4O5. The molecule has 0 aliphatic carbocycles. The summed E-state index contributed by atoms with van der Waals surface area (Å²) in [6, 6.07) is 10.4. The molecule has 0 aliphatic rings. The average molecular weight is 449 g/mol. The normalized spacial score (nSPS) is 10.2. The van der Waals surface area contributed by atoms with Gasteiger partial charge in [-0.15, -0.1) is 12.4 Å². The minimum Gasteiger partial charge on any atom is -0.493 e. The topological polar surface area (TPSA) is 122 Å². The third-order valence-electron chi connectivity index (χ3n) is 4.31. The summed E-state index contributed by atoms with van der Waals surface area (Å²) in [5.74, 6) is 2.73. The van der Waals surface area contributed by atoms with E-state index in [-0.39, 0.29) is 18.3 Å². The smallest absolute Gasteiger partial charge is 0.251 e. The maximum atomic E-state index is 12.4. The van der Waals surface area contributed by atoms with Crippen molar-refractivity contribution in [2.45, 2.75) is 19.9 Å². The van der Waals surface area contributed by atoms with Gasteiger partial charge in [-0.1, -0.05) is 11.2 Å². The van der Waals surface area contributed by atoms with E-state index in [4.69, 9.17) is 24.5 Å². The lowest BCUT2D eigenvalue weighted by atomic mass is 10.1. The molecule has 10 heteroatoms. The third kappa shape index (κ3) is 6.09. The number of nitrogens with one attached hydrogen (secondary N) is 1. The van der Waals surface area contributed by atoms with Gasteiger partial charge in [-0.2, -0.15) is 4.98 Å². The van der Waals surface area contributed by atoms with Gasteiger partial charge in [0.1, 0.15) is 0 Å². The summed E-state index contributed by atoms with van der Waals surface area (Å²) >= 11 is 0. The summed E-state index contributed by atoms with van der Waals surface area (Å²) in [6.45, 7) is 2.49. The Morgan fingerprint density at radius 3 is 2.35 bits per heavy atom. The summed E-state index contributed by atoms with van der Waals surface area (Å²) in [6.07, 6.45) is 0.472. The Balaban J connectivity index is 0.00000341. The number of ether oxygens (including phenoxy) is 3. The molecule has 0 bridgehead atoms. The molecule has 0 saturated heterocycles. The first kappa shape index (κ1) is 24.0. The van der Waals surface area contributed by atoms with E-state index in [0.717, 1.165) is 5.56 Å². The molecule has 166 valence electrons. The quantitative estimate of drug-likeness (QED) is 0.512. The second-order valence-corrected chi connectivity index (χ2v) is 6.39. The molecule has 3 aromatic rings. The molecule has 0 atom stereocenters. The second kappa shape index (κ2) is 11.2. The van der Waals surface area contributed by atoms with Crippen molar-refractivity contribution in [1.82, 2.24) is 15.5 Å². The van der Waals surface area contributed by atoms with Gasteiger partial charge in [0, 0.05) is 32.0 Å². The number of nitrogens with zero attached hydrogens (tertiary/aromatic N) is 2. The van der Waals surface area contributed by atoms with Gasteiger partial charge in [-0.25, -0.2) is 0 Å². The number of methoxy groups -OCH3 is 2.